The maximum absolute atomic E-state index is 5.77. The van der Waals surface area contributed by atoms with Gasteiger partial charge in [0.15, 0.2) is 0 Å². The Labute approximate surface area is 97.8 Å². The highest BCUT2D eigenvalue weighted by molar-refractivity contribution is 7.12. The Morgan fingerprint density at radius 2 is 1.93 bits per heavy atom. The second-order valence-electron chi connectivity index (χ2n) is 2.85. The van der Waals surface area contributed by atoms with E-state index in [2.05, 4.69) is 12.1 Å². The van der Waals surface area contributed by atoms with E-state index in [0.717, 1.165) is 11.7 Å². The summed E-state index contributed by atoms with van der Waals surface area (Å²) in [6, 6.07) is 10.3. The van der Waals surface area contributed by atoms with Crippen molar-refractivity contribution in [2.45, 2.75) is 6.54 Å². The van der Waals surface area contributed by atoms with Crippen LogP contribution in [0.1, 0.15) is 5.56 Å². The first-order valence-electron chi connectivity index (χ1n) is 4.12. The van der Waals surface area contributed by atoms with E-state index in [-0.39, 0.29) is 17.0 Å². The molecule has 2 aromatic rings. The van der Waals surface area contributed by atoms with Crippen LogP contribution >= 0.6 is 11.3 Å². The summed E-state index contributed by atoms with van der Waals surface area (Å²) in [7, 11) is 0. The minimum absolute atomic E-state index is 0. The molecule has 0 atom stereocenters. The summed E-state index contributed by atoms with van der Waals surface area (Å²) in [5.41, 5.74) is 7.05. The van der Waals surface area contributed by atoms with Gasteiger partial charge in [-0.15, -0.1) is 0 Å². The first-order valence-corrected chi connectivity index (χ1v) is 5.00. The van der Waals surface area contributed by atoms with E-state index in [1.165, 1.54) is 5.56 Å². The fourth-order valence-electron chi connectivity index (χ4n) is 1.23. The number of benzene rings is 1. The zero-order valence-electron chi connectivity index (χ0n) is 7.56. The van der Waals surface area contributed by atoms with Crippen LogP contribution in [0.5, 0.6) is 0 Å². The molecule has 2 nitrogen and oxygen atoms in total. The monoisotopic (exact) mass is 270 g/mol. The molecule has 0 bridgehead atoms. The average Bonchev–Trinajstić information content (AvgIpc) is 2.54. The summed E-state index contributed by atoms with van der Waals surface area (Å²) in [6.45, 7) is 0.857. The normalized spacial score (nSPS) is 9.43. The van der Waals surface area contributed by atoms with Crippen LogP contribution in [0.15, 0.2) is 41.9 Å². The van der Waals surface area contributed by atoms with E-state index >= 15 is 0 Å². The second kappa shape index (κ2) is 5.12. The maximum atomic E-state index is 5.77. The first-order chi connectivity index (χ1) is 6.36. The summed E-state index contributed by atoms with van der Waals surface area (Å²) in [6.07, 6.45) is 2.01. The number of nitrogen functional groups attached to an aromatic ring is 1. The minimum atomic E-state index is 0. The first kappa shape index (κ1) is 11.2. The topological polar surface area (TPSA) is 29.9 Å². The number of aromatic nitrogens is 1. The molecule has 74 valence electrons. The van der Waals surface area contributed by atoms with Crippen LogP contribution < -0.4 is 27.3 Å². The Hall–Kier alpha value is -0.870. The number of hydrogen-bond donors (Lipinski definition) is 1. The van der Waals surface area contributed by atoms with Gasteiger partial charge in [0.2, 0.25) is 0 Å². The third-order valence-electron chi connectivity index (χ3n) is 1.91. The highest BCUT2D eigenvalue weighted by atomic mass is 79.9. The molecular weight excluding hydrogens is 260 g/mol. The van der Waals surface area contributed by atoms with Gasteiger partial charge in [-0.05, 0) is 5.56 Å². The zero-order chi connectivity index (χ0) is 9.10. The molecule has 0 spiro atoms. The van der Waals surface area contributed by atoms with E-state index in [4.69, 9.17) is 5.73 Å². The number of rotatable bonds is 2. The van der Waals surface area contributed by atoms with Crippen molar-refractivity contribution < 1.29 is 21.5 Å². The van der Waals surface area contributed by atoms with Crippen molar-refractivity contribution in [1.82, 2.24) is 0 Å². The van der Waals surface area contributed by atoms with Crippen molar-refractivity contribution in [3.63, 3.8) is 0 Å². The number of nitrogens with two attached hydrogens (primary N) is 1. The fourth-order valence-corrected chi connectivity index (χ4v) is 1.83. The number of anilines is 1. The van der Waals surface area contributed by atoms with Gasteiger partial charge in [-0.2, -0.15) is 0 Å². The molecule has 0 aliphatic rings. The van der Waals surface area contributed by atoms with Crippen LogP contribution in [0.25, 0.3) is 0 Å². The highest BCUT2D eigenvalue weighted by Crippen LogP contribution is 2.05. The van der Waals surface area contributed by atoms with Gasteiger partial charge in [-0.25, -0.2) is 4.57 Å². The average molecular weight is 271 g/mol. The van der Waals surface area contributed by atoms with Crippen LogP contribution in [0.3, 0.4) is 0 Å². The number of thiazole rings is 1. The Morgan fingerprint density at radius 1 is 1.21 bits per heavy atom. The zero-order valence-corrected chi connectivity index (χ0v) is 9.96. The van der Waals surface area contributed by atoms with Gasteiger partial charge in [0.25, 0.3) is 0 Å². The number of halogens is 1. The van der Waals surface area contributed by atoms with Gasteiger partial charge < -0.3 is 17.0 Å². The van der Waals surface area contributed by atoms with Crippen LogP contribution in [-0.2, 0) is 6.54 Å². The molecule has 0 amide bonds. The molecule has 0 saturated carbocycles. The Bertz CT molecular complexity index is 386. The Kier molecular flexibility index (Phi) is 4.10. The summed E-state index contributed by atoms with van der Waals surface area (Å²) in [5, 5.41) is 2.85. The van der Waals surface area contributed by atoms with E-state index in [9.17, 15) is 0 Å². The van der Waals surface area contributed by atoms with Gasteiger partial charge in [0, 0.05) is 5.38 Å². The highest BCUT2D eigenvalue weighted by Gasteiger charge is 2.04. The van der Waals surface area contributed by atoms with Crippen molar-refractivity contribution in [2.75, 3.05) is 5.73 Å². The van der Waals surface area contributed by atoms with Crippen LogP contribution in [0.4, 0.5) is 5.13 Å². The van der Waals surface area contributed by atoms with Crippen LogP contribution in [-0.4, -0.2) is 0 Å². The van der Waals surface area contributed by atoms with Gasteiger partial charge in [-0.3, -0.25) is 5.73 Å². The summed E-state index contributed by atoms with van der Waals surface area (Å²) in [4.78, 5) is 0. The quantitative estimate of drug-likeness (QED) is 0.674. The molecule has 4 heteroatoms. The molecule has 0 fully saturated rings. The van der Waals surface area contributed by atoms with Gasteiger partial charge in [0.1, 0.15) is 12.7 Å². The summed E-state index contributed by atoms with van der Waals surface area (Å²) < 4.78 is 2.04. The molecule has 1 aromatic heterocycles. The SMILES string of the molecule is Nc1scc[n+]1Cc1ccccc1.[Br-]. The van der Waals surface area contributed by atoms with Gasteiger partial charge in [0.05, 0.1) is 0 Å². The standard InChI is InChI=1S/C10H10N2S.BrH/c11-10-12(6-7-13-10)8-9-4-2-1-3-5-9;/h1-7,11H,8H2;1H. The molecule has 0 radical (unpaired) electrons. The largest absolute Gasteiger partial charge is 1.00 e. The van der Waals surface area contributed by atoms with E-state index in [0.29, 0.717) is 0 Å². The van der Waals surface area contributed by atoms with Crippen molar-refractivity contribution >= 4 is 16.5 Å². The van der Waals surface area contributed by atoms with E-state index in [1.54, 1.807) is 11.3 Å². The van der Waals surface area contributed by atoms with Crippen LogP contribution in [0.2, 0.25) is 0 Å². The summed E-state index contributed by atoms with van der Waals surface area (Å²) >= 11 is 1.56. The van der Waals surface area contributed by atoms with Gasteiger partial charge in [-0.1, -0.05) is 41.7 Å². The molecule has 0 aliphatic heterocycles. The van der Waals surface area contributed by atoms with Crippen LogP contribution in [0, 0.1) is 0 Å². The van der Waals surface area contributed by atoms with Crippen molar-refractivity contribution in [3.05, 3.63) is 47.5 Å². The fraction of sp³-hybridized carbons (Fsp3) is 0.100. The molecule has 2 N–H and O–H groups in total. The van der Waals surface area contributed by atoms with E-state index in [1.807, 2.05) is 34.3 Å². The van der Waals surface area contributed by atoms with Crippen molar-refractivity contribution in [1.29, 1.82) is 0 Å². The van der Waals surface area contributed by atoms with Gasteiger partial charge >= 0.3 is 5.13 Å². The molecule has 14 heavy (non-hydrogen) atoms. The molecule has 0 saturated heterocycles. The lowest BCUT2D eigenvalue weighted by Gasteiger charge is -1.97. The molecule has 0 aliphatic carbocycles. The third-order valence-corrected chi connectivity index (χ3v) is 2.64. The summed E-state index contributed by atoms with van der Waals surface area (Å²) in [5.74, 6) is 0. The number of nitrogens with zero attached hydrogens (tertiary/aromatic N) is 1. The molecule has 2 rings (SSSR count). The molecule has 0 unspecified atom stereocenters. The second-order valence-corrected chi connectivity index (χ2v) is 3.78. The number of hydrogen-bond acceptors (Lipinski definition) is 2. The molecule has 1 heterocycles. The van der Waals surface area contributed by atoms with Crippen molar-refractivity contribution in [3.8, 4) is 0 Å². The lowest BCUT2D eigenvalue weighted by molar-refractivity contribution is -0.669. The third kappa shape index (κ3) is 2.56. The molecular formula is C10H11BrN2S. The lowest BCUT2D eigenvalue weighted by atomic mass is 10.2. The molecule has 1 aromatic carbocycles. The minimum Gasteiger partial charge on any atom is -1.00 e. The lowest BCUT2D eigenvalue weighted by Crippen LogP contribution is -3.00. The van der Waals surface area contributed by atoms with E-state index < -0.39 is 0 Å². The van der Waals surface area contributed by atoms with Crippen molar-refractivity contribution in [2.24, 2.45) is 0 Å². The Morgan fingerprint density at radius 3 is 2.50 bits per heavy atom. The predicted octanol–water partition coefficient (Wildman–Crippen LogP) is -1.33. The predicted molar refractivity (Wildman–Crippen MR) is 54.5 cm³/mol. The smallest absolute Gasteiger partial charge is 0.331 e. The Balaban J connectivity index is 0.000000980. The maximum Gasteiger partial charge on any atom is 0.331 e.